The minimum absolute atomic E-state index is 0.00261. The van der Waals surface area contributed by atoms with Crippen LogP contribution in [0.25, 0.3) is 21.0 Å². The van der Waals surface area contributed by atoms with Crippen LogP contribution < -0.4 is 4.90 Å². The van der Waals surface area contributed by atoms with Gasteiger partial charge in [0.15, 0.2) is 9.84 Å². The van der Waals surface area contributed by atoms with Gasteiger partial charge in [-0.3, -0.25) is 9.78 Å². The highest BCUT2D eigenvalue weighted by atomic mass is 32.2. The molecule has 7 nitrogen and oxygen atoms in total. The maximum atomic E-state index is 14.9. The Kier molecular flexibility index (Phi) is 7.38. The predicted molar refractivity (Wildman–Crippen MR) is 154 cm³/mol. The fourth-order valence-electron chi connectivity index (χ4n) is 5.99. The van der Waals surface area contributed by atoms with Crippen molar-refractivity contribution in [3.05, 3.63) is 54.2 Å². The Bertz CT molecular complexity index is 1650. The number of aromatic nitrogens is 2. The summed E-state index contributed by atoms with van der Waals surface area (Å²) < 4.78 is 67.6. The summed E-state index contributed by atoms with van der Waals surface area (Å²) in [7, 11) is -3.04. The first-order valence-electron chi connectivity index (χ1n) is 14.0. The first-order valence-corrected chi connectivity index (χ1v) is 16.6. The second-order valence-electron chi connectivity index (χ2n) is 11.7. The van der Waals surface area contributed by atoms with E-state index in [9.17, 15) is 31.6 Å². The van der Waals surface area contributed by atoms with Gasteiger partial charge in [0.1, 0.15) is 16.6 Å². The fourth-order valence-corrected chi connectivity index (χ4v) is 8.31. The Morgan fingerprint density at radius 3 is 2.45 bits per heavy atom. The summed E-state index contributed by atoms with van der Waals surface area (Å²) in [5, 5.41) is 9.96. The summed E-state index contributed by atoms with van der Waals surface area (Å²) >= 11 is 1.23. The van der Waals surface area contributed by atoms with Crippen molar-refractivity contribution in [3.8, 4) is 27.1 Å². The van der Waals surface area contributed by atoms with Crippen LogP contribution >= 0.6 is 11.3 Å². The number of nitriles is 1. The number of ketones is 1. The summed E-state index contributed by atoms with van der Waals surface area (Å²) in [6, 6.07) is 10.9. The van der Waals surface area contributed by atoms with Gasteiger partial charge in [0.05, 0.1) is 39.8 Å². The van der Waals surface area contributed by atoms with Gasteiger partial charge in [0, 0.05) is 61.6 Å². The first kappa shape index (κ1) is 28.8. The molecule has 0 radical (unpaired) electrons. The van der Waals surface area contributed by atoms with Gasteiger partial charge >= 0.3 is 0 Å². The summed E-state index contributed by atoms with van der Waals surface area (Å²) in [5.74, 6) is -5.13. The molecule has 3 aliphatic rings. The molecule has 0 amide bonds. The van der Waals surface area contributed by atoms with E-state index in [2.05, 4.69) is 11.1 Å². The summed E-state index contributed by atoms with van der Waals surface area (Å²) in [6.45, 7) is 0.769. The lowest BCUT2D eigenvalue weighted by atomic mass is 9.71. The number of benzene rings is 1. The average molecular weight is 615 g/mol. The lowest BCUT2D eigenvalue weighted by molar-refractivity contribution is -0.129. The third-order valence-electron chi connectivity index (χ3n) is 8.64. The van der Waals surface area contributed by atoms with Gasteiger partial charge in [-0.05, 0) is 43.0 Å². The molecule has 1 aliphatic heterocycles. The smallest absolute Gasteiger partial charge is 0.248 e. The van der Waals surface area contributed by atoms with Crippen molar-refractivity contribution in [2.24, 2.45) is 11.3 Å². The highest BCUT2D eigenvalue weighted by Gasteiger charge is 2.50. The normalized spacial score (nSPS) is 24.1. The van der Waals surface area contributed by atoms with Crippen LogP contribution in [0, 0.1) is 28.5 Å². The first-order chi connectivity index (χ1) is 20.0. The number of hydrogen-bond acceptors (Lipinski definition) is 8. The molecule has 2 atom stereocenters. The molecule has 1 aromatic carbocycles. The van der Waals surface area contributed by atoms with Gasteiger partial charge in [-0.25, -0.2) is 26.6 Å². The van der Waals surface area contributed by atoms with Crippen LogP contribution in [0.2, 0.25) is 0 Å². The van der Waals surface area contributed by atoms with Gasteiger partial charge < -0.3 is 4.90 Å². The fraction of sp³-hybridized carbons (Fsp3) is 0.467. The molecule has 1 saturated heterocycles. The van der Waals surface area contributed by atoms with Crippen LogP contribution in [0.15, 0.2) is 42.7 Å². The van der Waals surface area contributed by atoms with Crippen LogP contribution in [0.1, 0.15) is 50.1 Å². The predicted octanol–water partition coefficient (Wildman–Crippen LogP) is 6.03. The molecule has 6 rings (SSSR count). The maximum absolute atomic E-state index is 14.9. The molecule has 2 aliphatic carbocycles. The van der Waals surface area contributed by atoms with Crippen molar-refractivity contribution >= 4 is 32.6 Å². The minimum Gasteiger partial charge on any atom is -0.369 e. The molecule has 0 bridgehead atoms. The van der Waals surface area contributed by atoms with E-state index in [0.717, 1.165) is 11.9 Å². The highest BCUT2D eigenvalue weighted by molar-refractivity contribution is 7.91. The van der Waals surface area contributed by atoms with E-state index in [1.165, 1.54) is 23.6 Å². The standard InChI is InChI=1S/C30H29F3N4O3S2/c31-21-13-20(16-35-17-21)28-36-26(24-14-30(32,33)6-5-23(24)25(38)15-29(18-34)7-8-29)27(41-28)19-1-3-22(4-2-19)37-9-11-42(39,40)12-10-37/h1-4,13,16-17,23-24H,5-12,14-15H2/t23-,24-/m1/s1. The zero-order valence-corrected chi connectivity index (χ0v) is 24.4. The van der Waals surface area contributed by atoms with E-state index in [-0.39, 0.29) is 30.1 Å². The maximum Gasteiger partial charge on any atom is 0.248 e. The van der Waals surface area contributed by atoms with E-state index in [0.29, 0.717) is 52.6 Å². The quantitative estimate of drug-likeness (QED) is 0.320. The van der Waals surface area contributed by atoms with Gasteiger partial charge in [0.2, 0.25) is 5.92 Å². The van der Waals surface area contributed by atoms with Gasteiger partial charge in [-0.15, -0.1) is 11.3 Å². The van der Waals surface area contributed by atoms with Crippen LogP contribution in [0.3, 0.4) is 0 Å². The molecule has 0 unspecified atom stereocenters. The highest BCUT2D eigenvalue weighted by Crippen LogP contribution is 2.53. The molecule has 0 N–H and O–H groups in total. The van der Waals surface area contributed by atoms with Crippen LogP contribution in [0.5, 0.6) is 0 Å². The Morgan fingerprint density at radius 1 is 1.10 bits per heavy atom. The zero-order valence-electron chi connectivity index (χ0n) is 22.7. The van der Waals surface area contributed by atoms with Crippen LogP contribution in [0.4, 0.5) is 18.9 Å². The van der Waals surface area contributed by atoms with Gasteiger partial charge in [-0.2, -0.15) is 5.26 Å². The minimum atomic E-state index is -3.04. The largest absolute Gasteiger partial charge is 0.369 e. The summed E-state index contributed by atoms with van der Waals surface area (Å²) in [6.07, 6.45) is 2.92. The number of Topliss-reactive ketones (excluding diaryl/α,β-unsaturated/α-hetero) is 1. The number of thiazole rings is 1. The Balaban J connectivity index is 1.39. The van der Waals surface area contributed by atoms with E-state index in [1.54, 1.807) is 0 Å². The number of hydrogen-bond donors (Lipinski definition) is 0. The van der Waals surface area contributed by atoms with Crippen molar-refractivity contribution in [3.63, 3.8) is 0 Å². The lowest BCUT2D eigenvalue weighted by Gasteiger charge is -2.35. The average Bonchev–Trinajstić information content (AvgIpc) is 3.58. The number of nitrogens with zero attached hydrogens (tertiary/aromatic N) is 4. The number of sulfone groups is 1. The van der Waals surface area contributed by atoms with Crippen LogP contribution in [-0.2, 0) is 14.6 Å². The molecule has 3 fully saturated rings. The number of carbonyl (C=O) groups is 1. The molecule has 2 aromatic heterocycles. The molecule has 3 aromatic rings. The van der Waals surface area contributed by atoms with Crippen molar-refractivity contribution in [1.29, 1.82) is 5.26 Å². The molecule has 42 heavy (non-hydrogen) atoms. The van der Waals surface area contributed by atoms with E-state index >= 15 is 0 Å². The van der Waals surface area contributed by atoms with E-state index in [4.69, 9.17) is 4.98 Å². The molecule has 0 spiro atoms. The van der Waals surface area contributed by atoms with Gasteiger partial charge in [0.25, 0.3) is 0 Å². The molecule has 3 heterocycles. The number of alkyl halides is 2. The molecular formula is C30H29F3N4O3S2. The third-order valence-corrected chi connectivity index (χ3v) is 11.4. The molecular weight excluding hydrogens is 585 g/mol. The van der Waals surface area contributed by atoms with Gasteiger partial charge in [-0.1, -0.05) is 12.1 Å². The molecule has 12 heteroatoms. The van der Waals surface area contributed by atoms with Crippen molar-refractivity contribution in [2.45, 2.75) is 50.4 Å². The molecule has 2 saturated carbocycles. The number of anilines is 1. The monoisotopic (exact) mass is 614 g/mol. The number of pyridine rings is 1. The summed E-state index contributed by atoms with van der Waals surface area (Å²) in [5.41, 5.74) is 1.65. The molecule has 220 valence electrons. The second-order valence-corrected chi connectivity index (χ2v) is 15.0. The second kappa shape index (κ2) is 10.8. The Morgan fingerprint density at radius 2 is 1.81 bits per heavy atom. The van der Waals surface area contributed by atoms with Crippen molar-refractivity contribution in [1.82, 2.24) is 9.97 Å². The zero-order chi connectivity index (χ0) is 29.7. The van der Waals surface area contributed by atoms with E-state index < -0.39 is 51.7 Å². The topological polar surface area (TPSA) is 104 Å². The lowest BCUT2D eigenvalue weighted by Crippen LogP contribution is -2.40. The SMILES string of the molecule is N#CC1(CC(=O)[C@@H]2CCC(F)(F)C[C@H]2c2nc(-c3cncc(F)c3)sc2-c2ccc(N3CCS(=O)(=O)CC3)cc2)CC1. The number of rotatable bonds is 7. The number of carbonyl (C=O) groups excluding carboxylic acids is 1. The Labute approximate surface area is 246 Å². The summed E-state index contributed by atoms with van der Waals surface area (Å²) in [4.78, 5) is 24.8. The Hall–Kier alpha value is -3.30. The third kappa shape index (κ3) is 5.95. The van der Waals surface area contributed by atoms with Crippen molar-refractivity contribution in [2.75, 3.05) is 29.5 Å². The van der Waals surface area contributed by atoms with Crippen LogP contribution in [-0.4, -0.2) is 54.7 Å². The number of halogens is 3. The van der Waals surface area contributed by atoms with Crippen molar-refractivity contribution < 1.29 is 26.4 Å². The van der Waals surface area contributed by atoms with E-state index in [1.807, 2.05) is 29.2 Å².